The van der Waals surface area contributed by atoms with Gasteiger partial charge in [0.25, 0.3) is 11.8 Å². The Hall–Kier alpha value is -2.63. The summed E-state index contributed by atoms with van der Waals surface area (Å²) in [6.07, 6.45) is -3.28. The minimum atomic E-state index is -4.68. The molecular formula is C20H11ClF4N2O3S2. The van der Waals surface area contributed by atoms with E-state index in [0.717, 1.165) is 34.9 Å². The molecule has 2 aliphatic rings. The van der Waals surface area contributed by atoms with E-state index in [2.05, 4.69) is 5.32 Å². The lowest BCUT2D eigenvalue weighted by Crippen LogP contribution is -2.38. The Morgan fingerprint density at radius 1 is 1.25 bits per heavy atom. The molecule has 0 bridgehead atoms. The first-order valence-electron chi connectivity index (χ1n) is 8.90. The Labute approximate surface area is 193 Å². The molecule has 4 rings (SSSR count). The zero-order valence-corrected chi connectivity index (χ0v) is 18.1. The maximum Gasteiger partial charge on any atom is 0.417 e. The molecule has 2 aromatic rings. The number of thioether (sulfide) groups is 1. The maximum atomic E-state index is 14.7. The monoisotopic (exact) mass is 502 g/mol. The van der Waals surface area contributed by atoms with Crippen molar-refractivity contribution >= 4 is 63.5 Å². The van der Waals surface area contributed by atoms with Gasteiger partial charge in [0.05, 0.1) is 27.7 Å². The van der Waals surface area contributed by atoms with Crippen LogP contribution in [0.25, 0.3) is 6.08 Å². The van der Waals surface area contributed by atoms with E-state index in [-0.39, 0.29) is 38.3 Å². The molecular weight excluding hydrogens is 492 g/mol. The average Bonchev–Trinajstić information content (AvgIpc) is 3.01. The molecule has 5 nitrogen and oxygen atoms in total. The number of fused-ring (bicyclic) bond motifs is 1. The van der Waals surface area contributed by atoms with E-state index in [9.17, 15) is 27.2 Å². The van der Waals surface area contributed by atoms with Gasteiger partial charge in [-0.2, -0.15) is 13.2 Å². The zero-order valence-electron chi connectivity index (χ0n) is 15.8. The number of nitrogens with zero attached hydrogens (tertiary/aromatic N) is 1. The van der Waals surface area contributed by atoms with Gasteiger partial charge < -0.3 is 15.0 Å². The molecule has 1 fully saturated rings. The van der Waals surface area contributed by atoms with Crippen LogP contribution in [0.2, 0.25) is 5.02 Å². The number of hydrogen-bond donors (Lipinski definition) is 1. The Kier molecular flexibility index (Phi) is 5.91. The number of thiocarbonyl (C=S) groups is 1. The van der Waals surface area contributed by atoms with Gasteiger partial charge in [-0.05, 0) is 41.5 Å². The van der Waals surface area contributed by atoms with Crippen molar-refractivity contribution < 1.29 is 31.9 Å². The third-order valence-electron chi connectivity index (χ3n) is 4.59. The summed E-state index contributed by atoms with van der Waals surface area (Å²) >= 11 is 11.6. The lowest BCUT2D eigenvalue weighted by molar-refractivity contribution is -0.137. The highest BCUT2D eigenvalue weighted by Gasteiger charge is 2.34. The summed E-state index contributed by atoms with van der Waals surface area (Å²) in [5, 5.41) is 1.96. The molecule has 0 radical (unpaired) electrons. The minimum Gasteiger partial charge on any atom is -0.478 e. The smallest absolute Gasteiger partial charge is 0.417 e. The van der Waals surface area contributed by atoms with Crippen LogP contribution in [0.4, 0.5) is 23.2 Å². The highest BCUT2D eigenvalue weighted by Crippen LogP contribution is 2.39. The second kappa shape index (κ2) is 8.38. The van der Waals surface area contributed by atoms with Crippen LogP contribution < -0.4 is 15.0 Å². The fraction of sp³-hybridized carbons (Fsp3) is 0.150. The number of halogens is 5. The predicted octanol–water partition coefficient (Wildman–Crippen LogP) is 4.91. The van der Waals surface area contributed by atoms with E-state index in [4.69, 9.17) is 28.6 Å². The molecule has 0 atom stereocenters. The van der Waals surface area contributed by atoms with Crippen LogP contribution in [-0.2, 0) is 22.3 Å². The minimum absolute atomic E-state index is 0.0302. The number of alkyl halides is 3. The quantitative estimate of drug-likeness (QED) is 0.367. The zero-order chi connectivity index (χ0) is 23.2. The molecule has 0 spiro atoms. The molecule has 0 aliphatic carbocycles. The van der Waals surface area contributed by atoms with Crippen molar-refractivity contribution in [3.8, 4) is 5.75 Å². The first-order valence-corrected chi connectivity index (χ1v) is 10.5. The first-order chi connectivity index (χ1) is 15.0. The molecule has 2 heterocycles. The van der Waals surface area contributed by atoms with Gasteiger partial charge in [0.2, 0.25) is 0 Å². The number of nitrogens with one attached hydrogen (secondary N) is 1. The van der Waals surface area contributed by atoms with Gasteiger partial charge in [-0.25, -0.2) is 4.39 Å². The third kappa shape index (κ3) is 4.45. The van der Waals surface area contributed by atoms with Crippen LogP contribution >= 0.6 is 35.6 Å². The second-order valence-corrected chi connectivity index (χ2v) is 8.91. The Morgan fingerprint density at radius 3 is 2.66 bits per heavy atom. The second-order valence-electron chi connectivity index (χ2n) is 6.78. The number of amides is 2. The Morgan fingerprint density at radius 2 is 2.00 bits per heavy atom. The molecule has 0 aromatic heterocycles. The Balaban J connectivity index is 1.73. The van der Waals surface area contributed by atoms with Crippen molar-refractivity contribution in [2.75, 3.05) is 11.5 Å². The van der Waals surface area contributed by atoms with Gasteiger partial charge in [0.15, 0.2) is 18.2 Å². The van der Waals surface area contributed by atoms with E-state index >= 15 is 0 Å². The van der Waals surface area contributed by atoms with Gasteiger partial charge in [0, 0.05) is 0 Å². The largest absolute Gasteiger partial charge is 0.478 e. The van der Waals surface area contributed by atoms with Gasteiger partial charge in [-0.15, -0.1) is 0 Å². The van der Waals surface area contributed by atoms with Crippen molar-refractivity contribution in [1.29, 1.82) is 0 Å². The van der Waals surface area contributed by atoms with Crippen LogP contribution in [0.1, 0.15) is 16.7 Å². The average molecular weight is 503 g/mol. The summed E-state index contributed by atoms with van der Waals surface area (Å²) in [7, 11) is 0. The van der Waals surface area contributed by atoms with Crippen LogP contribution in [0.3, 0.4) is 0 Å². The van der Waals surface area contributed by atoms with Crippen molar-refractivity contribution in [2.45, 2.75) is 12.7 Å². The number of benzene rings is 2. The van der Waals surface area contributed by atoms with Crippen molar-refractivity contribution in [3.63, 3.8) is 0 Å². The molecule has 0 unspecified atom stereocenters. The number of carbonyl (C=O) groups excluding carboxylic acids is 2. The van der Waals surface area contributed by atoms with Crippen LogP contribution in [0.15, 0.2) is 35.2 Å². The summed E-state index contributed by atoms with van der Waals surface area (Å²) in [4.78, 5) is 25.7. The molecule has 1 saturated heterocycles. The first kappa shape index (κ1) is 22.6. The van der Waals surface area contributed by atoms with Gasteiger partial charge >= 0.3 is 6.18 Å². The topological polar surface area (TPSA) is 58.6 Å². The van der Waals surface area contributed by atoms with Crippen molar-refractivity contribution in [2.24, 2.45) is 0 Å². The van der Waals surface area contributed by atoms with E-state index in [0.29, 0.717) is 0 Å². The molecule has 2 amide bonds. The van der Waals surface area contributed by atoms with Gasteiger partial charge in [-0.1, -0.05) is 41.6 Å². The molecule has 32 heavy (non-hydrogen) atoms. The highest BCUT2D eigenvalue weighted by atomic mass is 35.5. The summed E-state index contributed by atoms with van der Waals surface area (Å²) in [6.45, 7) is -0.745. The van der Waals surface area contributed by atoms with Crippen LogP contribution in [-0.4, -0.2) is 22.7 Å². The lowest BCUT2D eigenvalue weighted by Gasteiger charge is -2.30. The standard InChI is InChI=1S/C20H11ClF4N2O3S2/c21-12-2-1-9(3-11(12)20(23,24)25)7-27-14-5-10(6-15-18(29)26-19(31)32-15)4-13(22)17(14)30-8-16(27)28/h1-6H,7-8H2,(H,26,29,31)/b15-6+. The summed E-state index contributed by atoms with van der Waals surface area (Å²) < 4.78 is 59.7. The fourth-order valence-electron chi connectivity index (χ4n) is 3.19. The van der Waals surface area contributed by atoms with E-state index in [1.165, 1.54) is 18.2 Å². The number of anilines is 1. The summed E-state index contributed by atoms with van der Waals surface area (Å²) in [6, 6.07) is 5.82. The third-order valence-corrected chi connectivity index (χ3v) is 6.09. The van der Waals surface area contributed by atoms with Gasteiger partial charge in [-0.3, -0.25) is 9.59 Å². The fourth-order valence-corrected chi connectivity index (χ4v) is 4.46. The number of ether oxygens (including phenoxy) is 1. The lowest BCUT2D eigenvalue weighted by atomic mass is 10.1. The highest BCUT2D eigenvalue weighted by molar-refractivity contribution is 8.26. The Bertz CT molecular complexity index is 1200. The molecule has 166 valence electrons. The molecule has 2 aromatic carbocycles. The van der Waals surface area contributed by atoms with Crippen molar-refractivity contribution in [3.05, 3.63) is 62.8 Å². The van der Waals surface area contributed by atoms with Gasteiger partial charge in [0.1, 0.15) is 4.32 Å². The van der Waals surface area contributed by atoms with E-state index in [1.54, 1.807) is 0 Å². The maximum absolute atomic E-state index is 14.7. The van der Waals surface area contributed by atoms with Crippen LogP contribution in [0.5, 0.6) is 5.75 Å². The molecule has 0 saturated carbocycles. The van der Waals surface area contributed by atoms with E-state index in [1.807, 2.05) is 0 Å². The molecule has 1 N–H and O–H groups in total. The predicted molar refractivity (Wildman–Crippen MR) is 116 cm³/mol. The summed E-state index contributed by atoms with van der Waals surface area (Å²) in [5.74, 6) is -2.01. The number of carbonyl (C=O) groups is 2. The molecule has 12 heteroatoms. The van der Waals surface area contributed by atoms with Crippen molar-refractivity contribution in [1.82, 2.24) is 5.32 Å². The SMILES string of the molecule is O=C1NC(=S)S/C1=C/c1cc(F)c2c(c1)N(Cc1ccc(Cl)c(C(F)(F)F)c1)C(=O)CO2. The number of rotatable bonds is 3. The van der Waals surface area contributed by atoms with E-state index < -0.39 is 41.0 Å². The summed E-state index contributed by atoms with van der Waals surface area (Å²) in [5.41, 5.74) is -0.618. The van der Waals surface area contributed by atoms with Crippen LogP contribution in [0, 0.1) is 5.82 Å². The normalized spacial score (nSPS) is 17.5. The number of hydrogen-bond acceptors (Lipinski definition) is 5. The molecule has 2 aliphatic heterocycles.